The minimum absolute atomic E-state index is 0.866. The molecule has 0 radical (unpaired) electrons. The molecular formula is C17H29N. The second kappa shape index (κ2) is 15.7. The standard InChI is InChI=1S/C15H23N.C2H6/c1-5-9-14(8-4)12-16-13-15(10-6-2)11-7-3;1-2/h5-7,9-11,16H,1-2,8,12-13H2,3-4H3;1-2H3/b11-7-,14-9+,15-10+;. The molecule has 0 saturated carbocycles. The molecular weight excluding hydrogens is 218 g/mol. The number of rotatable bonds is 8. The summed E-state index contributed by atoms with van der Waals surface area (Å²) in [6.45, 7) is 17.4. The van der Waals surface area contributed by atoms with E-state index in [9.17, 15) is 0 Å². The smallest absolute Gasteiger partial charge is 0.0208 e. The highest BCUT2D eigenvalue weighted by Crippen LogP contribution is 2.00. The predicted molar refractivity (Wildman–Crippen MR) is 85.9 cm³/mol. The van der Waals surface area contributed by atoms with Crippen LogP contribution in [-0.2, 0) is 0 Å². The Bertz CT molecular complexity index is 293. The number of allylic oxidation sites excluding steroid dienone is 5. The van der Waals surface area contributed by atoms with Crippen LogP contribution >= 0.6 is 0 Å². The third-order valence-corrected chi connectivity index (χ3v) is 2.20. The third-order valence-electron chi connectivity index (χ3n) is 2.20. The van der Waals surface area contributed by atoms with Gasteiger partial charge in [-0.1, -0.05) is 76.0 Å². The van der Waals surface area contributed by atoms with Crippen molar-refractivity contribution in [1.82, 2.24) is 5.32 Å². The molecule has 1 nitrogen and oxygen atoms in total. The Morgan fingerprint density at radius 2 is 1.67 bits per heavy atom. The molecule has 0 atom stereocenters. The minimum atomic E-state index is 0.866. The predicted octanol–water partition coefficient (Wildman–Crippen LogP) is 4.81. The van der Waals surface area contributed by atoms with Crippen LogP contribution in [0.4, 0.5) is 0 Å². The summed E-state index contributed by atoms with van der Waals surface area (Å²) in [5, 5.41) is 3.41. The van der Waals surface area contributed by atoms with Crippen LogP contribution in [0.25, 0.3) is 0 Å². The van der Waals surface area contributed by atoms with Gasteiger partial charge in [0.15, 0.2) is 0 Å². The van der Waals surface area contributed by atoms with E-state index in [4.69, 9.17) is 0 Å². The van der Waals surface area contributed by atoms with Crippen LogP contribution in [0.1, 0.15) is 34.1 Å². The average Bonchev–Trinajstić information content (AvgIpc) is 2.40. The van der Waals surface area contributed by atoms with E-state index in [1.54, 1.807) is 0 Å². The zero-order valence-corrected chi connectivity index (χ0v) is 12.5. The van der Waals surface area contributed by atoms with Crippen LogP contribution in [0, 0.1) is 0 Å². The van der Waals surface area contributed by atoms with Gasteiger partial charge in [-0.15, -0.1) is 0 Å². The first-order valence-electron chi connectivity index (χ1n) is 6.73. The Kier molecular flexibility index (Phi) is 16.5. The first kappa shape index (κ1) is 19.0. The lowest BCUT2D eigenvalue weighted by atomic mass is 10.1. The lowest BCUT2D eigenvalue weighted by Gasteiger charge is -2.07. The van der Waals surface area contributed by atoms with Gasteiger partial charge in [-0.25, -0.2) is 0 Å². The SMILES string of the molecule is C=C/C=C(\C=C/C)CNC/C(=C/C=C)CC.CC. The number of hydrogen-bond acceptors (Lipinski definition) is 1. The molecule has 1 N–H and O–H groups in total. The summed E-state index contributed by atoms with van der Waals surface area (Å²) in [5.74, 6) is 0. The summed E-state index contributed by atoms with van der Waals surface area (Å²) in [4.78, 5) is 0. The van der Waals surface area contributed by atoms with E-state index >= 15 is 0 Å². The van der Waals surface area contributed by atoms with Crippen molar-refractivity contribution in [2.45, 2.75) is 34.1 Å². The van der Waals surface area contributed by atoms with Gasteiger partial charge in [-0.05, 0) is 18.9 Å². The molecule has 18 heavy (non-hydrogen) atoms. The first-order chi connectivity index (χ1) is 8.78. The number of hydrogen-bond donors (Lipinski definition) is 1. The van der Waals surface area contributed by atoms with Crippen LogP contribution in [-0.4, -0.2) is 13.1 Å². The zero-order chi connectivity index (χ0) is 14.2. The molecule has 1 heteroatoms. The molecule has 0 bridgehead atoms. The van der Waals surface area contributed by atoms with Crippen molar-refractivity contribution in [3.05, 3.63) is 60.8 Å². The van der Waals surface area contributed by atoms with Crippen molar-refractivity contribution in [2.75, 3.05) is 13.1 Å². The second-order valence-electron chi connectivity index (χ2n) is 3.50. The van der Waals surface area contributed by atoms with Crippen LogP contribution in [0.5, 0.6) is 0 Å². The van der Waals surface area contributed by atoms with E-state index in [1.807, 2.05) is 45.1 Å². The molecule has 0 saturated heterocycles. The van der Waals surface area contributed by atoms with E-state index in [0.717, 1.165) is 19.5 Å². The van der Waals surface area contributed by atoms with Crippen molar-refractivity contribution in [3.8, 4) is 0 Å². The summed E-state index contributed by atoms with van der Waals surface area (Å²) >= 11 is 0. The summed E-state index contributed by atoms with van der Waals surface area (Å²) in [6.07, 6.45) is 12.9. The van der Waals surface area contributed by atoms with Crippen molar-refractivity contribution in [3.63, 3.8) is 0 Å². The Balaban J connectivity index is 0. The van der Waals surface area contributed by atoms with Gasteiger partial charge in [0.25, 0.3) is 0 Å². The molecule has 0 aliphatic rings. The Labute approximate surface area is 114 Å². The lowest BCUT2D eigenvalue weighted by molar-refractivity contribution is 0.779. The monoisotopic (exact) mass is 247 g/mol. The van der Waals surface area contributed by atoms with Crippen LogP contribution in [0.3, 0.4) is 0 Å². The van der Waals surface area contributed by atoms with Crippen molar-refractivity contribution >= 4 is 0 Å². The lowest BCUT2D eigenvalue weighted by Crippen LogP contribution is -2.19. The largest absolute Gasteiger partial charge is 0.309 e. The molecule has 0 aliphatic carbocycles. The van der Waals surface area contributed by atoms with Gasteiger partial charge < -0.3 is 5.32 Å². The molecule has 0 amide bonds. The molecule has 0 fully saturated rings. The van der Waals surface area contributed by atoms with Crippen molar-refractivity contribution in [1.29, 1.82) is 0 Å². The van der Waals surface area contributed by atoms with Gasteiger partial charge in [0.1, 0.15) is 0 Å². The number of nitrogens with one attached hydrogen (secondary N) is 1. The molecule has 102 valence electrons. The van der Waals surface area contributed by atoms with Gasteiger partial charge in [-0.2, -0.15) is 0 Å². The minimum Gasteiger partial charge on any atom is -0.309 e. The van der Waals surface area contributed by atoms with Gasteiger partial charge >= 0.3 is 0 Å². The van der Waals surface area contributed by atoms with E-state index in [0.29, 0.717) is 0 Å². The molecule has 0 aromatic rings. The Morgan fingerprint density at radius 3 is 2.11 bits per heavy atom. The van der Waals surface area contributed by atoms with Crippen LogP contribution < -0.4 is 5.32 Å². The maximum Gasteiger partial charge on any atom is 0.0208 e. The zero-order valence-electron chi connectivity index (χ0n) is 12.5. The third kappa shape index (κ3) is 11.2. The highest BCUT2D eigenvalue weighted by Gasteiger charge is 1.94. The van der Waals surface area contributed by atoms with Crippen molar-refractivity contribution < 1.29 is 0 Å². The van der Waals surface area contributed by atoms with Gasteiger partial charge in [0.05, 0.1) is 0 Å². The molecule has 0 aromatic carbocycles. The highest BCUT2D eigenvalue weighted by molar-refractivity contribution is 5.24. The fourth-order valence-electron chi connectivity index (χ4n) is 1.37. The summed E-state index contributed by atoms with van der Waals surface area (Å²) < 4.78 is 0. The molecule has 0 unspecified atom stereocenters. The summed E-state index contributed by atoms with van der Waals surface area (Å²) in [5.41, 5.74) is 2.61. The molecule has 0 rings (SSSR count). The van der Waals surface area contributed by atoms with Gasteiger partial charge in [-0.3, -0.25) is 0 Å². The van der Waals surface area contributed by atoms with Crippen molar-refractivity contribution in [2.24, 2.45) is 0 Å². The maximum atomic E-state index is 3.71. The average molecular weight is 247 g/mol. The second-order valence-corrected chi connectivity index (χ2v) is 3.50. The first-order valence-corrected chi connectivity index (χ1v) is 6.73. The van der Waals surface area contributed by atoms with E-state index in [2.05, 4.69) is 37.6 Å². The van der Waals surface area contributed by atoms with E-state index in [1.165, 1.54) is 11.1 Å². The van der Waals surface area contributed by atoms with Crippen LogP contribution in [0.2, 0.25) is 0 Å². The normalized spacial score (nSPS) is 12.0. The van der Waals surface area contributed by atoms with Crippen LogP contribution in [0.15, 0.2) is 60.8 Å². The Morgan fingerprint density at radius 1 is 1.06 bits per heavy atom. The van der Waals surface area contributed by atoms with Gasteiger partial charge in [0, 0.05) is 13.1 Å². The fraction of sp³-hybridized carbons (Fsp3) is 0.412. The highest BCUT2D eigenvalue weighted by atomic mass is 14.8. The molecule has 0 aliphatic heterocycles. The Hall–Kier alpha value is -1.34. The van der Waals surface area contributed by atoms with E-state index in [-0.39, 0.29) is 0 Å². The maximum absolute atomic E-state index is 3.71. The molecule has 0 spiro atoms. The quantitative estimate of drug-likeness (QED) is 0.607. The molecule has 0 aromatic heterocycles. The van der Waals surface area contributed by atoms with E-state index < -0.39 is 0 Å². The van der Waals surface area contributed by atoms with Gasteiger partial charge in [0.2, 0.25) is 0 Å². The summed E-state index contributed by atoms with van der Waals surface area (Å²) in [6, 6.07) is 0. The topological polar surface area (TPSA) is 12.0 Å². The molecule has 0 heterocycles. The summed E-state index contributed by atoms with van der Waals surface area (Å²) in [7, 11) is 0. The fourth-order valence-corrected chi connectivity index (χ4v) is 1.37.